The minimum Gasteiger partial charge on any atom is -0.481 e. The first-order chi connectivity index (χ1) is 9.56. The molecule has 0 aliphatic heterocycles. The first kappa shape index (κ1) is 14.5. The van der Waals surface area contributed by atoms with E-state index in [0.29, 0.717) is 6.07 Å². The van der Waals surface area contributed by atoms with Crippen LogP contribution < -0.4 is 10.1 Å². The molecule has 20 heavy (non-hydrogen) atoms. The summed E-state index contributed by atoms with van der Waals surface area (Å²) in [5, 5.41) is 4.65. The average Bonchev–Trinajstić information content (AvgIpc) is 2.91. The fourth-order valence-electron chi connectivity index (χ4n) is 1.63. The molecule has 2 rings (SSSR count). The number of amides is 1. The largest absolute Gasteiger partial charge is 0.481 e. The molecule has 2 aromatic rings. The molecule has 0 unspecified atom stereocenters. The summed E-state index contributed by atoms with van der Waals surface area (Å²) in [7, 11) is 0. The lowest BCUT2D eigenvalue weighted by atomic mass is 10.3. The number of carbonyl (C=O) groups excluding carboxylic acids is 1. The van der Waals surface area contributed by atoms with Crippen molar-refractivity contribution in [1.82, 2.24) is 5.32 Å². The van der Waals surface area contributed by atoms with E-state index in [2.05, 4.69) is 5.32 Å². The van der Waals surface area contributed by atoms with Crippen LogP contribution in [0.4, 0.5) is 8.78 Å². The molecule has 1 aromatic carbocycles. The Morgan fingerprint density at radius 2 is 2.20 bits per heavy atom. The first-order valence-corrected chi connectivity index (χ1v) is 6.85. The lowest BCUT2D eigenvalue weighted by molar-refractivity contribution is -0.123. The van der Waals surface area contributed by atoms with E-state index in [1.807, 2.05) is 24.4 Å². The van der Waals surface area contributed by atoms with E-state index in [4.69, 9.17) is 4.74 Å². The number of rotatable bonds is 5. The molecule has 0 aliphatic rings. The van der Waals surface area contributed by atoms with Crippen LogP contribution in [0.25, 0.3) is 0 Å². The number of thiophene rings is 1. The molecule has 1 N–H and O–H groups in total. The van der Waals surface area contributed by atoms with Crippen molar-refractivity contribution in [1.29, 1.82) is 0 Å². The van der Waals surface area contributed by atoms with Crippen molar-refractivity contribution in [2.75, 3.05) is 6.61 Å². The lowest BCUT2D eigenvalue weighted by Crippen LogP contribution is -2.31. The highest BCUT2D eigenvalue weighted by molar-refractivity contribution is 7.10. The maximum absolute atomic E-state index is 13.3. The third-order valence-corrected chi connectivity index (χ3v) is 3.66. The second-order valence-corrected chi connectivity index (χ2v) is 5.15. The van der Waals surface area contributed by atoms with Gasteiger partial charge in [0.25, 0.3) is 5.91 Å². The molecule has 1 atom stereocenters. The lowest BCUT2D eigenvalue weighted by Gasteiger charge is -2.13. The summed E-state index contributed by atoms with van der Waals surface area (Å²) in [5.74, 6) is -2.03. The van der Waals surface area contributed by atoms with Crippen molar-refractivity contribution in [2.24, 2.45) is 0 Å². The van der Waals surface area contributed by atoms with Crippen LogP contribution >= 0.6 is 11.3 Å². The minimum absolute atomic E-state index is 0.135. The molecular formula is C14H13F2NO2S. The molecule has 0 saturated heterocycles. The van der Waals surface area contributed by atoms with Gasteiger partial charge >= 0.3 is 0 Å². The highest BCUT2D eigenvalue weighted by atomic mass is 32.1. The van der Waals surface area contributed by atoms with Crippen LogP contribution in [-0.2, 0) is 4.79 Å². The molecule has 0 radical (unpaired) electrons. The smallest absolute Gasteiger partial charge is 0.258 e. The number of hydrogen-bond donors (Lipinski definition) is 1. The van der Waals surface area contributed by atoms with Crippen LogP contribution in [-0.4, -0.2) is 12.5 Å². The minimum atomic E-state index is -0.830. The molecular weight excluding hydrogens is 284 g/mol. The maximum atomic E-state index is 13.3. The predicted octanol–water partition coefficient (Wildman–Crippen LogP) is 3.28. The van der Waals surface area contributed by atoms with Crippen molar-refractivity contribution in [3.8, 4) is 5.75 Å². The molecule has 1 heterocycles. The summed E-state index contributed by atoms with van der Waals surface area (Å²) in [6, 6.07) is 6.61. The highest BCUT2D eigenvalue weighted by Crippen LogP contribution is 2.19. The summed E-state index contributed by atoms with van der Waals surface area (Å²) in [6.45, 7) is 1.53. The summed E-state index contributed by atoms with van der Waals surface area (Å²) in [4.78, 5) is 12.7. The van der Waals surface area contributed by atoms with Crippen molar-refractivity contribution < 1.29 is 18.3 Å². The zero-order chi connectivity index (χ0) is 14.5. The van der Waals surface area contributed by atoms with Crippen molar-refractivity contribution >= 4 is 17.2 Å². The van der Waals surface area contributed by atoms with E-state index in [9.17, 15) is 13.6 Å². The molecule has 6 heteroatoms. The van der Waals surface area contributed by atoms with Crippen molar-refractivity contribution in [3.05, 3.63) is 52.2 Å². The molecule has 1 amide bonds. The van der Waals surface area contributed by atoms with E-state index in [1.54, 1.807) is 0 Å². The van der Waals surface area contributed by atoms with Gasteiger partial charge in [0.15, 0.2) is 18.2 Å². The van der Waals surface area contributed by atoms with E-state index in [-0.39, 0.29) is 24.3 Å². The molecule has 0 fully saturated rings. The predicted molar refractivity (Wildman–Crippen MR) is 72.7 cm³/mol. The number of ether oxygens (including phenoxy) is 1. The van der Waals surface area contributed by atoms with Crippen LogP contribution in [0.1, 0.15) is 17.8 Å². The summed E-state index contributed by atoms with van der Waals surface area (Å²) in [6.07, 6.45) is 0. The van der Waals surface area contributed by atoms with E-state index in [1.165, 1.54) is 11.3 Å². The average molecular weight is 297 g/mol. The standard InChI is InChI=1S/C14H13F2NO2S/c1-9(13-3-2-6-20-13)17-14(18)8-19-12-5-4-10(15)7-11(12)16/h2-7,9H,8H2,1H3,(H,17,18)/t9-/m1/s1. The Morgan fingerprint density at radius 1 is 1.40 bits per heavy atom. The second kappa shape index (κ2) is 6.47. The number of hydrogen-bond acceptors (Lipinski definition) is 3. The fraction of sp³-hybridized carbons (Fsp3) is 0.214. The van der Waals surface area contributed by atoms with E-state index >= 15 is 0 Å². The summed E-state index contributed by atoms with van der Waals surface area (Å²) in [5.41, 5.74) is 0. The van der Waals surface area contributed by atoms with E-state index in [0.717, 1.165) is 17.0 Å². The molecule has 0 aliphatic carbocycles. The van der Waals surface area contributed by atoms with Gasteiger partial charge < -0.3 is 10.1 Å². The van der Waals surface area contributed by atoms with Crippen molar-refractivity contribution in [3.63, 3.8) is 0 Å². The van der Waals surface area contributed by atoms with Crippen LogP contribution in [0.15, 0.2) is 35.7 Å². The second-order valence-electron chi connectivity index (χ2n) is 4.17. The Bertz CT molecular complexity index is 587. The summed E-state index contributed by atoms with van der Waals surface area (Å²) >= 11 is 1.53. The Balaban J connectivity index is 1.86. The van der Waals surface area contributed by atoms with Crippen LogP contribution in [0.2, 0.25) is 0 Å². The van der Waals surface area contributed by atoms with Gasteiger partial charge in [-0.15, -0.1) is 11.3 Å². The number of nitrogens with one attached hydrogen (secondary N) is 1. The van der Waals surface area contributed by atoms with Crippen molar-refractivity contribution in [2.45, 2.75) is 13.0 Å². The Morgan fingerprint density at radius 3 is 2.85 bits per heavy atom. The van der Waals surface area contributed by atoms with Crippen LogP contribution in [0.3, 0.4) is 0 Å². The van der Waals surface area contributed by atoms with Gasteiger partial charge in [0, 0.05) is 10.9 Å². The fourth-order valence-corrected chi connectivity index (χ4v) is 2.36. The Kier molecular flexibility index (Phi) is 4.68. The first-order valence-electron chi connectivity index (χ1n) is 5.97. The number of halogens is 2. The number of benzene rings is 1. The molecule has 1 aromatic heterocycles. The zero-order valence-electron chi connectivity index (χ0n) is 10.7. The SMILES string of the molecule is C[C@@H](NC(=O)COc1ccc(F)cc1F)c1cccs1. The molecule has 3 nitrogen and oxygen atoms in total. The Hall–Kier alpha value is -1.95. The molecule has 0 saturated carbocycles. The van der Waals surface area contributed by atoms with Gasteiger partial charge in [0.1, 0.15) is 5.82 Å². The maximum Gasteiger partial charge on any atom is 0.258 e. The normalized spacial score (nSPS) is 11.9. The van der Waals surface area contributed by atoms with Gasteiger partial charge in [-0.3, -0.25) is 4.79 Å². The topological polar surface area (TPSA) is 38.3 Å². The van der Waals surface area contributed by atoms with Crippen LogP contribution in [0, 0.1) is 11.6 Å². The van der Waals surface area contributed by atoms with E-state index < -0.39 is 11.6 Å². The van der Waals surface area contributed by atoms with Gasteiger partial charge in [-0.2, -0.15) is 0 Å². The van der Waals surface area contributed by atoms with Gasteiger partial charge in [-0.1, -0.05) is 6.07 Å². The Labute approximate surface area is 119 Å². The molecule has 106 valence electrons. The van der Waals surface area contributed by atoms with Gasteiger partial charge in [-0.25, -0.2) is 8.78 Å². The third-order valence-electron chi connectivity index (χ3n) is 2.60. The van der Waals surface area contributed by atoms with Crippen LogP contribution in [0.5, 0.6) is 5.75 Å². The highest BCUT2D eigenvalue weighted by Gasteiger charge is 2.12. The molecule has 0 bridgehead atoms. The quantitative estimate of drug-likeness (QED) is 0.919. The number of carbonyl (C=O) groups is 1. The van der Waals surface area contributed by atoms with Gasteiger partial charge in [0.05, 0.1) is 6.04 Å². The third kappa shape index (κ3) is 3.77. The summed E-state index contributed by atoms with van der Waals surface area (Å²) < 4.78 is 31.0. The monoisotopic (exact) mass is 297 g/mol. The molecule has 0 spiro atoms. The zero-order valence-corrected chi connectivity index (χ0v) is 11.5. The van der Waals surface area contributed by atoms with Gasteiger partial charge in [-0.05, 0) is 30.5 Å². The van der Waals surface area contributed by atoms with Gasteiger partial charge in [0.2, 0.25) is 0 Å².